The maximum absolute atomic E-state index is 14.0. The van der Waals surface area contributed by atoms with Gasteiger partial charge in [-0.3, -0.25) is 4.79 Å². The van der Waals surface area contributed by atoms with Crippen LogP contribution in [-0.2, 0) is 16.0 Å². The molecule has 0 spiro atoms. The minimum Gasteiger partial charge on any atom is -0.492 e. The molecule has 2 saturated heterocycles. The number of nitriles is 1. The van der Waals surface area contributed by atoms with E-state index in [1.54, 1.807) is 0 Å². The van der Waals surface area contributed by atoms with E-state index >= 15 is 0 Å². The number of carbonyl (C=O) groups is 1. The number of nitrogens with zero attached hydrogens (tertiary/aromatic N) is 6. The third-order valence-electron chi connectivity index (χ3n) is 9.49. The Kier molecular flexibility index (Phi) is 8.81. The Morgan fingerprint density at radius 2 is 1.98 bits per heavy atom. The van der Waals surface area contributed by atoms with Gasteiger partial charge in [0.2, 0.25) is 0 Å². The molecule has 1 amide bonds. The lowest BCUT2D eigenvalue weighted by Gasteiger charge is -2.41. The van der Waals surface area contributed by atoms with Gasteiger partial charge in [-0.25, -0.2) is 4.39 Å². The third kappa shape index (κ3) is 5.78. The van der Waals surface area contributed by atoms with Crippen molar-refractivity contribution in [2.75, 3.05) is 58.5 Å². The van der Waals surface area contributed by atoms with E-state index < -0.39 is 17.8 Å². The molecule has 248 valence electrons. The van der Waals surface area contributed by atoms with Gasteiger partial charge in [0.1, 0.15) is 17.7 Å². The van der Waals surface area contributed by atoms with E-state index in [4.69, 9.17) is 35.8 Å². The normalized spacial score (nSPS) is 20.9. The van der Waals surface area contributed by atoms with Gasteiger partial charge in [0.15, 0.2) is 5.83 Å². The number of piperazine rings is 1. The Bertz CT molecular complexity index is 1960. The van der Waals surface area contributed by atoms with Crippen LogP contribution >= 0.6 is 11.6 Å². The molecule has 0 saturated carbocycles. The standard InChI is InChI=1S/C36H36ClFN6O4/c1-21(38)35(45)44-15-14-43(18-23(44)12-13-39)34-32-28(40-36(41-34)48-30-20-46-19-29(30)42(2)3)17-26(25-10-6-16-47-33(25)32)24-9-4-7-22-8-5-11-27(37)31(22)24/h4-5,7-9,11,17,23,29-30H,1,6,10,12,14-16,18-20H2,2-3H3/t23-,29?,30?/m0/s1. The molecule has 3 aliphatic rings. The number of ether oxygens (including phenoxy) is 3. The number of carbonyl (C=O) groups excluding carboxylic acids is 1. The maximum atomic E-state index is 14.0. The van der Waals surface area contributed by atoms with Crippen LogP contribution in [0, 0.1) is 11.3 Å². The van der Waals surface area contributed by atoms with Crippen molar-refractivity contribution in [2.45, 2.75) is 37.5 Å². The van der Waals surface area contributed by atoms with Crippen molar-refractivity contribution in [3.05, 3.63) is 65.5 Å². The van der Waals surface area contributed by atoms with Crippen LogP contribution in [0.15, 0.2) is 54.9 Å². The predicted octanol–water partition coefficient (Wildman–Crippen LogP) is 5.55. The average Bonchev–Trinajstić information content (AvgIpc) is 3.55. The molecule has 0 aliphatic carbocycles. The van der Waals surface area contributed by atoms with Crippen LogP contribution in [0.2, 0.25) is 5.02 Å². The lowest BCUT2D eigenvalue weighted by molar-refractivity contribution is -0.131. The van der Waals surface area contributed by atoms with Gasteiger partial charge in [0.25, 0.3) is 5.91 Å². The van der Waals surface area contributed by atoms with Crippen molar-refractivity contribution >= 4 is 45.0 Å². The van der Waals surface area contributed by atoms with E-state index in [0.29, 0.717) is 48.5 Å². The number of anilines is 1. The number of aromatic nitrogens is 2. The van der Waals surface area contributed by atoms with Gasteiger partial charge in [-0.1, -0.05) is 48.5 Å². The number of halogens is 2. The molecule has 7 rings (SSSR count). The zero-order chi connectivity index (χ0) is 33.5. The van der Waals surface area contributed by atoms with Gasteiger partial charge in [0, 0.05) is 35.6 Å². The molecule has 3 aliphatic heterocycles. The summed E-state index contributed by atoms with van der Waals surface area (Å²) in [5.74, 6) is -0.582. The predicted molar refractivity (Wildman–Crippen MR) is 182 cm³/mol. The number of hydrogen-bond donors (Lipinski definition) is 0. The molecule has 2 fully saturated rings. The van der Waals surface area contributed by atoms with Crippen LogP contribution < -0.4 is 14.4 Å². The number of likely N-dealkylation sites (N-methyl/N-ethyl adjacent to an activating group) is 1. The maximum Gasteiger partial charge on any atom is 0.319 e. The molecule has 48 heavy (non-hydrogen) atoms. The largest absolute Gasteiger partial charge is 0.492 e. The molecular weight excluding hydrogens is 635 g/mol. The summed E-state index contributed by atoms with van der Waals surface area (Å²) in [6.45, 7) is 5.42. The van der Waals surface area contributed by atoms with Crippen LogP contribution in [0.4, 0.5) is 10.2 Å². The number of rotatable bonds is 7. The molecule has 12 heteroatoms. The highest BCUT2D eigenvalue weighted by molar-refractivity contribution is 6.36. The summed E-state index contributed by atoms with van der Waals surface area (Å²) in [5.41, 5.74) is 3.62. The zero-order valence-corrected chi connectivity index (χ0v) is 27.7. The van der Waals surface area contributed by atoms with Crippen molar-refractivity contribution in [2.24, 2.45) is 0 Å². The highest BCUT2D eigenvalue weighted by Gasteiger charge is 2.36. The van der Waals surface area contributed by atoms with E-state index in [1.165, 1.54) is 4.90 Å². The second-order valence-electron chi connectivity index (χ2n) is 12.6. The molecular formula is C36H36ClFN6O4. The van der Waals surface area contributed by atoms with Crippen molar-refractivity contribution in [3.63, 3.8) is 0 Å². The zero-order valence-electron chi connectivity index (χ0n) is 26.9. The summed E-state index contributed by atoms with van der Waals surface area (Å²) < 4.78 is 32.7. The van der Waals surface area contributed by atoms with Gasteiger partial charge in [-0.2, -0.15) is 15.2 Å². The quantitative estimate of drug-likeness (QED) is 0.234. The lowest BCUT2D eigenvalue weighted by atomic mass is 9.89. The van der Waals surface area contributed by atoms with E-state index in [-0.39, 0.29) is 37.7 Å². The second-order valence-corrected chi connectivity index (χ2v) is 13.0. The first-order chi connectivity index (χ1) is 23.2. The van der Waals surface area contributed by atoms with Gasteiger partial charge < -0.3 is 28.9 Å². The summed E-state index contributed by atoms with van der Waals surface area (Å²) in [5, 5.41) is 13.0. The number of amides is 1. The average molecular weight is 671 g/mol. The molecule has 0 bridgehead atoms. The van der Waals surface area contributed by atoms with Crippen LogP contribution in [0.5, 0.6) is 11.8 Å². The van der Waals surface area contributed by atoms with Crippen molar-refractivity contribution < 1.29 is 23.4 Å². The minimum absolute atomic E-state index is 0.0105. The minimum atomic E-state index is -1.05. The van der Waals surface area contributed by atoms with E-state index in [1.807, 2.05) is 49.3 Å². The molecule has 1 aromatic heterocycles. The molecule has 0 radical (unpaired) electrons. The molecule has 0 N–H and O–H groups in total. The summed E-state index contributed by atoms with van der Waals surface area (Å²) >= 11 is 6.81. The smallest absolute Gasteiger partial charge is 0.319 e. The highest BCUT2D eigenvalue weighted by Crippen LogP contribution is 2.46. The lowest BCUT2D eigenvalue weighted by Crippen LogP contribution is -2.55. The van der Waals surface area contributed by atoms with Crippen molar-refractivity contribution in [1.29, 1.82) is 5.26 Å². The summed E-state index contributed by atoms with van der Waals surface area (Å²) in [4.78, 5) is 28.1. The van der Waals surface area contributed by atoms with Crippen LogP contribution in [0.3, 0.4) is 0 Å². The fraction of sp³-hybridized carbons (Fsp3) is 0.389. The molecule has 3 atom stereocenters. The SMILES string of the molecule is C=C(F)C(=O)N1CCN(c2nc(OC3COCC3N(C)C)nc3cc(-c4cccc5cccc(Cl)c45)c4c(c23)OCCC4)C[C@@H]1CC#N. The fourth-order valence-electron chi connectivity index (χ4n) is 7.14. The molecule has 4 heterocycles. The Hall–Kier alpha value is -4.50. The molecule has 4 aromatic rings. The second kappa shape index (κ2) is 13.2. The van der Waals surface area contributed by atoms with Gasteiger partial charge in [-0.05, 0) is 55.6 Å². The number of hydrogen-bond acceptors (Lipinski definition) is 9. The van der Waals surface area contributed by atoms with Crippen LogP contribution in [-0.4, -0.2) is 97.4 Å². The van der Waals surface area contributed by atoms with E-state index in [2.05, 4.69) is 29.7 Å². The fourth-order valence-corrected chi connectivity index (χ4v) is 7.42. The van der Waals surface area contributed by atoms with Crippen molar-refractivity contribution in [1.82, 2.24) is 19.8 Å². The van der Waals surface area contributed by atoms with Gasteiger partial charge >= 0.3 is 6.01 Å². The molecule has 3 aromatic carbocycles. The Balaban J connectivity index is 1.42. The Morgan fingerprint density at radius 1 is 1.17 bits per heavy atom. The van der Waals surface area contributed by atoms with Gasteiger partial charge in [0.05, 0.1) is 55.3 Å². The highest BCUT2D eigenvalue weighted by atomic mass is 35.5. The summed E-state index contributed by atoms with van der Waals surface area (Å²) in [6, 6.07) is 15.9. The first-order valence-corrected chi connectivity index (χ1v) is 16.5. The topological polar surface area (TPSA) is 104 Å². The van der Waals surface area contributed by atoms with E-state index in [9.17, 15) is 14.4 Å². The Morgan fingerprint density at radius 3 is 2.75 bits per heavy atom. The summed E-state index contributed by atoms with van der Waals surface area (Å²) in [7, 11) is 3.96. The Labute approximate surface area is 283 Å². The van der Waals surface area contributed by atoms with Crippen LogP contribution in [0.25, 0.3) is 32.8 Å². The van der Waals surface area contributed by atoms with Gasteiger partial charge in [-0.15, -0.1) is 0 Å². The molecule has 2 unspecified atom stereocenters. The van der Waals surface area contributed by atoms with Crippen LogP contribution in [0.1, 0.15) is 18.4 Å². The van der Waals surface area contributed by atoms with Crippen molar-refractivity contribution in [3.8, 4) is 29.0 Å². The third-order valence-corrected chi connectivity index (χ3v) is 9.80. The first kappa shape index (κ1) is 32.1. The number of fused-ring (bicyclic) bond motifs is 4. The summed E-state index contributed by atoms with van der Waals surface area (Å²) in [6.07, 6.45) is 1.34. The molecule has 10 nitrogen and oxygen atoms in total. The monoisotopic (exact) mass is 670 g/mol. The number of benzene rings is 3. The first-order valence-electron chi connectivity index (χ1n) is 16.1. The van der Waals surface area contributed by atoms with E-state index in [0.717, 1.165) is 45.7 Å².